The molecule has 0 spiro atoms. The van der Waals surface area contributed by atoms with Gasteiger partial charge in [0.2, 0.25) is 0 Å². The van der Waals surface area contributed by atoms with E-state index in [0.717, 1.165) is 11.1 Å². The predicted octanol–water partition coefficient (Wildman–Crippen LogP) is 1.87. The first-order valence-electron chi connectivity index (χ1n) is 5.39. The number of nitrogens with two attached hydrogens (primary N) is 1. The fourth-order valence-corrected chi connectivity index (χ4v) is 1.83. The van der Waals surface area contributed by atoms with Gasteiger partial charge in [-0.2, -0.15) is 10.4 Å². The van der Waals surface area contributed by atoms with E-state index in [1.807, 2.05) is 36.4 Å². The molecule has 0 atom stereocenters. The minimum absolute atomic E-state index is 0.334. The Morgan fingerprint density at radius 1 is 1.22 bits per heavy atom. The molecule has 3 rings (SSSR count). The van der Waals surface area contributed by atoms with Gasteiger partial charge in [0.1, 0.15) is 17.6 Å². The van der Waals surface area contributed by atoms with Crippen LogP contribution >= 0.6 is 0 Å². The minimum Gasteiger partial charge on any atom is -0.383 e. The van der Waals surface area contributed by atoms with Crippen LogP contribution in [0.4, 0.5) is 5.82 Å². The van der Waals surface area contributed by atoms with Crippen LogP contribution in [0.2, 0.25) is 0 Å². The monoisotopic (exact) mass is 235 g/mol. The van der Waals surface area contributed by atoms with Gasteiger partial charge in [-0.3, -0.25) is 0 Å². The lowest BCUT2D eigenvalue weighted by molar-refractivity contribution is 0.907. The number of hydrogen-bond acceptors (Lipinski definition) is 4. The first-order chi connectivity index (χ1) is 8.79. The van der Waals surface area contributed by atoms with Crippen molar-refractivity contribution in [2.24, 2.45) is 0 Å². The maximum absolute atomic E-state index is 8.81. The molecule has 2 aromatic heterocycles. The Kier molecular flexibility index (Phi) is 2.21. The molecule has 0 aliphatic heterocycles. The van der Waals surface area contributed by atoms with Gasteiger partial charge in [0.15, 0.2) is 0 Å². The van der Waals surface area contributed by atoms with Gasteiger partial charge in [-0.05, 0) is 12.1 Å². The fourth-order valence-electron chi connectivity index (χ4n) is 1.83. The topological polar surface area (TPSA) is 80.5 Å². The summed E-state index contributed by atoms with van der Waals surface area (Å²) in [6, 6.07) is 13.2. The Morgan fingerprint density at radius 2 is 2.00 bits per heavy atom. The van der Waals surface area contributed by atoms with E-state index in [2.05, 4.69) is 10.1 Å². The van der Waals surface area contributed by atoms with Crippen LogP contribution in [-0.4, -0.2) is 14.8 Å². The second-order valence-electron chi connectivity index (χ2n) is 3.83. The number of benzene rings is 1. The third-order valence-electron chi connectivity index (χ3n) is 2.71. The van der Waals surface area contributed by atoms with Crippen LogP contribution in [0.3, 0.4) is 0 Å². The largest absolute Gasteiger partial charge is 0.383 e. The molecular formula is C13H9N5. The van der Waals surface area contributed by atoms with Gasteiger partial charge in [0.25, 0.3) is 0 Å². The summed E-state index contributed by atoms with van der Waals surface area (Å²) < 4.78 is 1.65. The summed E-state index contributed by atoms with van der Waals surface area (Å²) in [5, 5.41) is 14.0. The van der Waals surface area contributed by atoms with E-state index in [1.54, 1.807) is 16.9 Å². The molecule has 2 heterocycles. The van der Waals surface area contributed by atoms with Gasteiger partial charge in [0, 0.05) is 12.3 Å². The number of hydrogen-bond donors (Lipinski definition) is 1. The molecule has 0 fully saturated rings. The van der Waals surface area contributed by atoms with Gasteiger partial charge in [-0.25, -0.2) is 9.67 Å². The Balaban J connectivity index is 2.27. The van der Waals surface area contributed by atoms with E-state index in [-0.39, 0.29) is 0 Å². The molecular weight excluding hydrogens is 226 g/mol. The van der Waals surface area contributed by atoms with Crippen molar-refractivity contribution in [1.29, 1.82) is 5.26 Å². The molecule has 0 aliphatic carbocycles. The molecule has 0 unspecified atom stereocenters. The number of pyridine rings is 1. The lowest BCUT2D eigenvalue weighted by Gasteiger charge is -2.02. The predicted molar refractivity (Wildman–Crippen MR) is 68.0 cm³/mol. The lowest BCUT2D eigenvalue weighted by atomic mass is 10.3. The van der Waals surface area contributed by atoms with Gasteiger partial charge >= 0.3 is 0 Å². The SMILES string of the molecule is N#Cc1cc2nn(-c3ccccc3)c(N)c2cn1. The van der Waals surface area contributed by atoms with Crippen molar-refractivity contribution in [2.45, 2.75) is 0 Å². The Labute approximate surface area is 103 Å². The Hall–Kier alpha value is -2.87. The highest BCUT2D eigenvalue weighted by atomic mass is 15.3. The number of nitrogens with zero attached hydrogens (tertiary/aromatic N) is 4. The number of anilines is 1. The van der Waals surface area contributed by atoms with E-state index in [4.69, 9.17) is 11.0 Å². The number of para-hydroxylation sites is 1. The van der Waals surface area contributed by atoms with Crippen LogP contribution < -0.4 is 5.73 Å². The normalized spacial score (nSPS) is 10.4. The van der Waals surface area contributed by atoms with Crippen molar-refractivity contribution in [2.75, 3.05) is 5.73 Å². The molecule has 0 bridgehead atoms. The molecule has 0 saturated heterocycles. The zero-order chi connectivity index (χ0) is 12.5. The molecule has 86 valence electrons. The van der Waals surface area contributed by atoms with Crippen LogP contribution in [-0.2, 0) is 0 Å². The molecule has 0 amide bonds. The van der Waals surface area contributed by atoms with Crippen molar-refractivity contribution in [3.05, 3.63) is 48.3 Å². The Morgan fingerprint density at radius 3 is 2.72 bits per heavy atom. The number of fused-ring (bicyclic) bond motifs is 1. The summed E-state index contributed by atoms with van der Waals surface area (Å²) in [5.74, 6) is 0.521. The smallest absolute Gasteiger partial charge is 0.142 e. The zero-order valence-electron chi connectivity index (χ0n) is 9.41. The summed E-state index contributed by atoms with van der Waals surface area (Å²) >= 11 is 0. The molecule has 5 heteroatoms. The van der Waals surface area contributed by atoms with Crippen LogP contribution in [0.1, 0.15) is 5.69 Å². The first kappa shape index (κ1) is 10.3. The first-order valence-corrected chi connectivity index (χ1v) is 5.39. The molecule has 2 N–H and O–H groups in total. The van der Waals surface area contributed by atoms with Gasteiger partial charge in [-0.1, -0.05) is 18.2 Å². The summed E-state index contributed by atoms with van der Waals surface area (Å²) in [4.78, 5) is 4.00. The standard InChI is InChI=1S/C13H9N5/c14-7-9-6-12-11(8-16-9)13(15)18(17-12)10-4-2-1-3-5-10/h1-6,8H,15H2. The molecule has 0 radical (unpaired) electrons. The van der Waals surface area contributed by atoms with Gasteiger partial charge < -0.3 is 5.73 Å². The summed E-state index contributed by atoms with van der Waals surface area (Å²) in [7, 11) is 0. The molecule has 5 nitrogen and oxygen atoms in total. The van der Waals surface area contributed by atoms with Crippen molar-refractivity contribution >= 4 is 16.7 Å². The average molecular weight is 235 g/mol. The second-order valence-corrected chi connectivity index (χ2v) is 3.83. The highest BCUT2D eigenvalue weighted by Crippen LogP contribution is 2.23. The Bertz CT molecular complexity index is 752. The van der Waals surface area contributed by atoms with Gasteiger partial charge in [0.05, 0.1) is 16.6 Å². The van der Waals surface area contributed by atoms with Crippen molar-refractivity contribution in [3.8, 4) is 11.8 Å². The average Bonchev–Trinajstić information content (AvgIpc) is 2.76. The molecule has 0 saturated carbocycles. The van der Waals surface area contributed by atoms with E-state index in [0.29, 0.717) is 17.0 Å². The molecule has 18 heavy (non-hydrogen) atoms. The number of nitriles is 1. The van der Waals surface area contributed by atoms with Gasteiger partial charge in [-0.15, -0.1) is 0 Å². The quantitative estimate of drug-likeness (QED) is 0.698. The number of nitrogen functional groups attached to an aromatic ring is 1. The van der Waals surface area contributed by atoms with Crippen LogP contribution in [0, 0.1) is 11.3 Å². The second kappa shape index (κ2) is 3.86. The third kappa shape index (κ3) is 1.48. The number of rotatable bonds is 1. The van der Waals surface area contributed by atoms with Crippen molar-refractivity contribution in [3.63, 3.8) is 0 Å². The van der Waals surface area contributed by atoms with Crippen LogP contribution in [0.25, 0.3) is 16.6 Å². The van der Waals surface area contributed by atoms with E-state index < -0.39 is 0 Å². The summed E-state index contributed by atoms with van der Waals surface area (Å²) in [6.45, 7) is 0. The molecule has 3 aromatic rings. The van der Waals surface area contributed by atoms with Crippen LogP contribution in [0.15, 0.2) is 42.6 Å². The van der Waals surface area contributed by atoms with E-state index in [1.165, 1.54) is 0 Å². The highest BCUT2D eigenvalue weighted by molar-refractivity contribution is 5.89. The molecule has 1 aromatic carbocycles. The van der Waals surface area contributed by atoms with Crippen LogP contribution in [0.5, 0.6) is 0 Å². The number of aromatic nitrogens is 3. The van der Waals surface area contributed by atoms with Crippen molar-refractivity contribution < 1.29 is 0 Å². The van der Waals surface area contributed by atoms with E-state index >= 15 is 0 Å². The fraction of sp³-hybridized carbons (Fsp3) is 0. The maximum Gasteiger partial charge on any atom is 0.142 e. The zero-order valence-corrected chi connectivity index (χ0v) is 9.41. The third-order valence-corrected chi connectivity index (χ3v) is 2.71. The minimum atomic E-state index is 0.334. The van der Waals surface area contributed by atoms with Crippen molar-refractivity contribution in [1.82, 2.24) is 14.8 Å². The summed E-state index contributed by atoms with van der Waals surface area (Å²) in [6.07, 6.45) is 1.58. The van der Waals surface area contributed by atoms with E-state index in [9.17, 15) is 0 Å². The maximum atomic E-state index is 8.81. The highest BCUT2D eigenvalue weighted by Gasteiger charge is 2.10. The lowest BCUT2D eigenvalue weighted by Crippen LogP contribution is -2.00. The molecule has 0 aliphatic rings. The summed E-state index contributed by atoms with van der Waals surface area (Å²) in [5.41, 5.74) is 7.92.